The molecule has 0 saturated heterocycles. The Morgan fingerprint density at radius 1 is 0.926 bits per heavy atom. The Kier molecular flexibility index (Phi) is 5.52. The van der Waals surface area contributed by atoms with E-state index in [-0.39, 0.29) is 11.6 Å². The normalized spacial score (nSPS) is 10.3. The number of rotatable bonds is 4. The molecule has 0 unspecified atom stereocenters. The zero-order valence-electron chi connectivity index (χ0n) is 15.3. The summed E-state index contributed by atoms with van der Waals surface area (Å²) in [5.41, 5.74) is 4.74. The van der Waals surface area contributed by atoms with Gasteiger partial charge >= 0.3 is 6.03 Å². The lowest BCUT2D eigenvalue weighted by molar-refractivity contribution is 0.102. The van der Waals surface area contributed by atoms with E-state index < -0.39 is 6.03 Å². The lowest BCUT2D eigenvalue weighted by atomic mass is 10.1. The van der Waals surface area contributed by atoms with E-state index in [0.29, 0.717) is 10.8 Å². The molecule has 7 heteroatoms. The van der Waals surface area contributed by atoms with Gasteiger partial charge in [-0.15, -0.1) is 11.3 Å². The van der Waals surface area contributed by atoms with Crippen molar-refractivity contribution in [1.29, 1.82) is 0 Å². The number of benzene rings is 2. The third kappa shape index (κ3) is 4.71. The predicted octanol–water partition coefficient (Wildman–Crippen LogP) is 4.96. The van der Waals surface area contributed by atoms with Crippen molar-refractivity contribution in [1.82, 2.24) is 4.98 Å². The average Bonchev–Trinajstić information content (AvgIpc) is 3.06. The minimum atomic E-state index is -0.406. The minimum Gasteiger partial charge on any atom is -0.320 e. The predicted molar refractivity (Wildman–Crippen MR) is 110 cm³/mol. The highest BCUT2D eigenvalue weighted by Crippen LogP contribution is 2.22. The molecule has 0 aliphatic carbocycles. The molecule has 27 heavy (non-hydrogen) atoms. The molecular weight excluding hydrogens is 360 g/mol. The number of hydrogen-bond donors (Lipinski definition) is 3. The van der Waals surface area contributed by atoms with Crippen molar-refractivity contribution in [3.05, 3.63) is 70.2 Å². The second kappa shape index (κ2) is 8.01. The van der Waals surface area contributed by atoms with E-state index in [1.54, 1.807) is 11.4 Å². The number of aryl methyl sites for hydroxylation is 3. The SMILES string of the molecule is Cc1cccc(NC(=O)Nc2nc(C(=O)Nc3c(C)cccc3C)cs2)c1. The maximum absolute atomic E-state index is 12.5. The van der Waals surface area contributed by atoms with Gasteiger partial charge in [0.25, 0.3) is 5.91 Å². The van der Waals surface area contributed by atoms with Crippen molar-refractivity contribution in [2.45, 2.75) is 20.8 Å². The Morgan fingerprint density at radius 3 is 2.33 bits per heavy atom. The van der Waals surface area contributed by atoms with Crippen LogP contribution in [0.15, 0.2) is 47.8 Å². The number of nitrogens with zero attached hydrogens (tertiary/aromatic N) is 1. The van der Waals surface area contributed by atoms with Crippen molar-refractivity contribution in [3.63, 3.8) is 0 Å². The van der Waals surface area contributed by atoms with Crippen molar-refractivity contribution in [2.75, 3.05) is 16.0 Å². The molecular formula is C20H20N4O2S. The molecule has 2 aromatic carbocycles. The fourth-order valence-electron chi connectivity index (χ4n) is 2.61. The Balaban J connectivity index is 1.64. The molecule has 138 valence electrons. The summed E-state index contributed by atoms with van der Waals surface area (Å²) in [6.07, 6.45) is 0. The highest BCUT2D eigenvalue weighted by atomic mass is 32.1. The number of anilines is 3. The van der Waals surface area contributed by atoms with Crippen LogP contribution < -0.4 is 16.0 Å². The highest BCUT2D eigenvalue weighted by molar-refractivity contribution is 7.14. The standard InChI is InChI=1S/C20H20N4O2S/c1-12-6-4-9-15(10-12)21-19(26)24-20-22-16(11-27-20)18(25)23-17-13(2)7-5-8-14(17)3/h4-11H,1-3H3,(H,23,25)(H2,21,22,24,26). The van der Waals surface area contributed by atoms with Crippen molar-refractivity contribution < 1.29 is 9.59 Å². The van der Waals surface area contributed by atoms with Gasteiger partial charge in [0.05, 0.1) is 0 Å². The van der Waals surface area contributed by atoms with Gasteiger partial charge in [-0.05, 0) is 49.6 Å². The minimum absolute atomic E-state index is 0.258. The average molecular weight is 380 g/mol. The van der Waals surface area contributed by atoms with Crippen LogP contribution in [0.1, 0.15) is 27.2 Å². The van der Waals surface area contributed by atoms with E-state index in [4.69, 9.17) is 0 Å². The maximum Gasteiger partial charge on any atom is 0.325 e. The first-order valence-electron chi connectivity index (χ1n) is 8.40. The van der Waals surface area contributed by atoms with Gasteiger partial charge in [0.15, 0.2) is 5.13 Å². The summed E-state index contributed by atoms with van der Waals surface area (Å²) in [6, 6.07) is 12.9. The third-order valence-corrected chi connectivity index (χ3v) is 4.71. The van der Waals surface area contributed by atoms with Crippen molar-refractivity contribution in [3.8, 4) is 0 Å². The number of amides is 3. The zero-order chi connectivity index (χ0) is 19.4. The second-order valence-corrected chi connectivity index (χ2v) is 7.07. The van der Waals surface area contributed by atoms with E-state index in [1.807, 2.05) is 57.2 Å². The molecule has 1 aromatic heterocycles. The Hall–Kier alpha value is -3.19. The van der Waals surface area contributed by atoms with Crippen LogP contribution in [0, 0.1) is 20.8 Å². The molecule has 0 radical (unpaired) electrons. The van der Waals surface area contributed by atoms with E-state index in [1.165, 1.54) is 11.3 Å². The molecule has 3 amide bonds. The molecule has 6 nitrogen and oxygen atoms in total. The summed E-state index contributed by atoms with van der Waals surface area (Å²) in [5, 5.41) is 10.2. The van der Waals surface area contributed by atoms with Crippen molar-refractivity contribution >= 4 is 39.8 Å². The number of nitrogens with one attached hydrogen (secondary N) is 3. The van der Waals surface area contributed by atoms with E-state index in [9.17, 15) is 9.59 Å². The summed E-state index contributed by atoms with van der Waals surface area (Å²) in [6.45, 7) is 5.82. The summed E-state index contributed by atoms with van der Waals surface area (Å²) in [5.74, 6) is -0.309. The largest absolute Gasteiger partial charge is 0.325 e. The number of carbonyl (C=O) groups is 2. The second-order valence-electron chi connectivity index (χ2n) is 6.21. The quantitative estimate of drug-likeness (QED) is 0.598. The molecule has 0 spiro atoms. The van der Waals surface area contributed by atoms with Crippen LogP contribution in [0.5, 0.6) is 0 Å². The lowest BCUT2D eigenvalue weighted by Gasteiger charge is -2.10. The van der Waals surface area contributed by atoms with Gasteiger partial charge in [-0.1, -0.05) is 30.3 Å². The Bertz CT molecular complexity index is 977. The smallest absolute Gasteiger partial charge is 0.320 e. The van der Waals surface area contributed by atoms with Gasteiger partial charge in [0, 0.05) is 16.8 Å². The van der Waals surface area contributed by atoms with Crippen LogP contribution in [0.2, 0.25) is 0 Å². The van der Waals surface area contributed by atoms with E-state index in [2.05, 4.69) is 20.9 Å². The molecule has 3 rings (SSSR count). The first-order valence-corrected chi connectivity index (χ1v) is 9.28. The molecule has 0 aliphatic rings. The summed E-state index contributed by atoms with van der Waals surface area (Å²) in [7, 11) is 0. The summed E-state index contributed by atoms with van der Waals surface area (Å²) in [4.78, 5) is 28.7. The van der Waals surface area contributed by atoms with Crippen LogP contribution in [0.25, 0.3) is 0 Å². The van der Waals surface area contributed by atoms with Gasteiger partial charge in [-0.3, -0.25) is 10.1 Å². The topological polar surface area (TPSA) is 83.1 Å². The molecule has 3 aromatic rings. The van der Waals surface area contributed by atoms with Gasteiger partial charge in [0.2, 0.25) is 0 Å². The van der Waals surface area contributed by atoms with Crippen LogP contribution in [-0.4, -0.2) is 16.9 Å². The van der Waals surface area contributed by atoms with Crippen LogP contribution in [-0.2, 0) is 0 Å². The van der Waals surface area contributed by atoms with Crippen LogP contribution in [0.4, 0.5) is 21.3 Å². The molecule has 0 bridgehead atoms. The van der Waals surface area contributed by atoms with Gasteiger partial charge in [-0.2, -0.15) is 0 Å². The number of hydrogen-bond acceptors (Lipinski definition) is 4. The number of urea groups is 1. The Morgan fingerprint density at radius 2 is 1.63 bits per heavy atom. The van der Waals surface area contributed by atoms with E-state index in [0.717, 1.165) is 22.4 Å². The zero-order valence-corrected chi connectivity index (χ0v) is 16.1. The molecule has 0 saturated carbocycles. The third-order valence-electron chi connectivity index (χ3n) is 3.95. The monoisotopic (exact) mass is 380 g/mol. The van der Waals surface area contributed by atoms with Gasteiger partial charge < -0.3 is 10.6 Å². The lowest BCUT2D eigenvalue weighted by Crippen LogP contribution is -2.19. The molecule has 1 heterocycles. The maximum atomic E-state index is 12.5. The van der Waals surface area contributed by atoms with Crippen LogP contribution >= 0.6 is 11.3 Å². The molecule has 0 aliphatic heterocycles. The number of carbonyl (C=O) groups excluding carboxylic acids is 2. The van der Waals surface area contributed by atoms with Gasteiger partial charge in [0.1, 0.15) is 5.69 Å². The Labute approximate surface area is 161 Å². The number of aromatic nitrogens is 1. The number of thiazole rings is 1. The molecule has 0 fully saturated rings. The summed E-state index contributed by atoms with van der Waals surface area (Å²) >= 11 is 1.19. The molecule has 0 atom stereocenters. The fourth-order valence-corrected chi connectivity index (χ4v) is 3.29. The van der Waals surface area contributed by atoms with E-state index >= 15 is 0 Å². The fraction of sp³-hybridized carbons (Fsp3) is 0.150. The number of para-hydroxylation sites is 1. The van der Waals surface area contributed by atoms with Crippen molar-refractivity contribution in [2.24, 2.45) is 0 Å². The van der Waals surface area contributed by atoms with Crippen LogP contribution in [0.3, 0.4) is 0 Å². The van der Waals surface area contributed by atoms with Gasteiger partial charge in [-0.25, -0.2) is 9.78 Å². The first-order chi connectivity index (χ1) is 12.9. The summed E-state index contributed by atoms with van der Waals surface area (Å²) < 4.78 is 0. The molecule has 3 N–H and O–H groups in total. The first kappa shape index (κ1) is 18.6. The highest BCUT2D eigenvalue weighted by Gasteiger charge is 2.14.